The highest BCUT2D eigenvalue weighted by Crippen LogP contribution is 2.44. The number of carbonyl (C=O) groups is 2. The Morgan fingerprint density at radius 3 is 2.72 bits per heavy atom. The lowest BCUT2D eigenvalue weighted by Gasteiger charge is -2.38. The number of hydrogen-bond acceptors (Lipinski definition) is 5. The van der Waals surface area contributed by atoms with E-state index < -0.39 is 5.60 Å². The minimum atomic E-state index is -0.608. The van der Waals surface area contributed by atoms with Crippen molar-refractivity contribution in [2.24, 2.45) is 7.05 Å². The highest BCUT2D eigenvalue weighted by Gasteiger charge is 2.47. The zero-order chi connectivity index (χ0) is 17.6. The number of ether oxygens (including phenoxy) is 2. The number of amides is 1. The molecule has 2 aromatic rings. The van der Waals surface area contributed by atoms with Gasteiger partial charge >= 0.3 is 5.97 Å². The van der Waals surface area contributed by atoms with E-state index in [1.54, 1.807) is 28.9 Å². The van der Waals surface area contributed by atoms with Gasteiger partial charge in [-0.3, -0.25) is 9.48 Å². The minimum Gasteiger partial charge on any atom is -0.479 e. The molecule has 1 amide bonds. The monoisotopic (exact) mass is 341 g/mol. The van der Waals surface area contributed by atoms with Crippen LogP contribution in [0.1, 0.15) is 39.1 Å². The molecule has 1 aromatic carbocycles. The van der Waals surface area contributed by atoms with Crippen molar-refractivity contribution in [3.63, 3.8) is 0 Å². The van der Waals surface area contributed by atoms with Crippen LogP contribution >= 0.6 is 0 Å². The van der Waals surface area contributed by atoms with Crippen molar-refractivity contribution < 1.29 is 19.1 Å². The number of nitrogens with zero attached hydrogens (tertiary/aromatic N) is 3. The lowest BCUT2D eigenvalue weighted by Crippen LogP contribution is -2.45. The van der Waals surface area contributed by atoms with E-state index in [1.807, 2.05) is 18.2 Å². The van der Waals surface area contributed by atoms with Crippen LogP contribution in [0.3, 0.4) is 0 Å². The van der Waals surface area contributed by atoms with Gasteiger partial charge in [0, 0.05) is 44.7 Å². The van der Waals surface area contributed by atoms with Gasteiger partial charge in [0.2, 0.25) is 5.88 Å². The fraction of sp³-hybridized carbons (Fsp3) is 0.389. The van der Waals surface area contributed by atoms with Gasteiger partial charge in [-0.1, -0.05) is 18.2 Å². The molecule has 2 aliphatic rings. The van der Waals surface area contributed by atoms with Crippen molar-refractivity contribution in [1.29, 1.82) is 0 Å². The van der Waals surface area contributed by atoms with Crippen molar-refractivity contribution in [2.45, 2.75) is 18.4 Å². The Morgan fingerprint density at radius 1 is 1.28 bits per heavy atom. The van der Waals surface area contributed by atoms with Crippen LogP contribution in [0.25, 0.3) is 0 Å². The van der Waals surface area contributed by atoms with Crippen molar-refractivity contribution >= 4 is 11.9 Å². The smallest absolute Gasteiger partial charge is 0.339 e. The third-order valence-electron chi connectivity index (χ3n) is 5.00. The molecule has 0 bridgehead atoms. The van der Waals surface area contributed by atoms with Crippen LogP contribution < -0.4 is 4.74 Å². The van der Waals surface area contributed by atoms with Crippen LogP contribution in [0.2, 0.25) is 0 Å². The third kappa shape index (κ3) is 2.38. The lowest BCUT2D eigenvalue weighted by molar-refractivity contribution is -0.0389. The zero-order valence-corrected chi connectivity index (χ0v) is 14.2. The highest BCUT2D eigenvalue weighted by molar-refractivity contribution is 5.97. The first-order valence-corrected chi connectivity index (χ1v) is 8.24. The van der Waals surface area contributed by atoms with Crippen LogP contribution in [0.5, 0.6) is 5.88 Å². The van der Waals surface area contributed by atoms with Gasteiger partial charge in [-0.15, -0.1) is 5.10 Å². The molecular weight excluding hydrogens is 322 g/mol. The average Bonchev–Trinajstić information content (AvgIpc) is 3.14. The molecular formula is C18H19N3O4. The summed E-state index contributed by atoms with van der Waals surface area (Å²) in [6, 6.07) is 7.50. The maximum Gasteiger partial charge on any atom is 0.339 e. The number of esters is 1. The lowest BCUT2D eigenvalue weighted by atomic mass is 9.83. The summed E-state index contributed by atoms with van der Waals surface area (Å²) in [6.45, 7) is 1.02. The van der Waals surface area contributed by atoms with Crippen molar-refractivity contribution in [1.82, 2.24) is 14.7 Å². The average molecular weight is 341 g/mol. The first kappa shape index (κ1) is 15.7. The molecule has 0 saturated carbocycles. The number of aromatic nitrogens is 2. The number of hydrogen-bond donors (Lipinski definition) is 0. The number of piperidine rings is 1. The summed E-state index contributed by atoms with van der Waals surface area (Å²) < 4.78 is 12.5. The predicted molar refractivity (Wildman–Crippen MR) is 88.4 cm³/mol. The van der Waals surface area contributed by atoms with Gasteiger partial charge in [0.15, 0.2) is 0 Å². The Kier molecular flexibility index (Phi) is 3.52. The van der Waals surface area contributed by atoms with E-state index in [-0.39, 0.29) is 11.9 Å². The number of benzene rings is 1. The molecule has 25 heavy (non-hydrogen) atoms. The number of carbonyl (C=O) groups excluding carboxylic acids is 2. The summed E-state index contributed by atoms with van der Waals surface area (Å²) in [5.41, 5.74) is 1.41. The third-order valence-corrected chi connectivity index (χ3v) is 5.00. The summed E-state index contributed by atoms with van der Waals surface area (Å²) in [5, 5.41) is 4.13. The maximum atomic E-state index is 12.8. The van der Waals surface area contributed by atoms with Crippen molar-refractivity contribution in [3.8, 4) is 5.88 Å². The Balaban J connectivity index is 1.54. The van der Waals surface area contributed by atoms with E-state index in [0.29, 0.717) is 42.9 Å². The van der Waals surface area contributed by atoms with E-state index in [1.165, 1.54) is 7.11 Å². The van der Waals surface area contributed by atoms with Gasteiger partial charge in [0.1, 0.15) is 11.2 Å². The Morgan fingerprint density at radius 2 is 2.00 bits per heavy atom. The fourth-order valence-corrected chi connectivity index (χ4v) is 3.72. The highest BCUT2D eigenvalue weighted by atomic mass is 16.6. The quantitative estimate of drug-likeness (QED) is 0.778. The molecule has 0 atom stereocenters. The van der Waals surface area contributed by atoms with Gasteiger partial charge in [0.05, 0.1) is 12.7 Å². The molecule has 1 spiro atoms. The fourth-order valence-electron chi connectivity index (χ4n) is 3.72. The van der Waals surface area contributed by atoms with Crippen LogP contribution in [-0.2, 0) is 17.4 Å². The van der Waals surface area contributed by atoms with Crippen molar-refractivity contribution in [3.05, 3.63) is 47.2 Å². The molecule has 2 aliphatic heterocycles. The minimum absolute atomic E-state index is 0.114. The number of likely N-dealkylation sites (tertiary alicyclic amines) is 1. The number of rotatable bonds is 2. The van der Waals surface area contributed by atoms with E-state index in [0.717, 1.165) is 5.56 Å². The largest absolute Gasteiger partial charge is 0.479 e. The number of methoxy groups -OCH3 is 1. The molecule has 7 nitrogen and oxygen atoms in total. The Labute approximate surface area is 145 Å². The molecule has 7 heteroatoms. The van der Waals surface area contributed by atoms with Gasteiger partial charge in [-0.05, 0) is 6.07 Å². The summed E-state index contributed by atoms with van der Waals surface area (Å²) in [7, 11) is 3.25. The predicted octanol–water partition coefficient (Wildman–Crippen LogP) is 1.73. The van der Waals surface area contributed by atoms with Gasteiger partial charge in [-0.2, -0.15) is 0 Å². The Bertz CT molecular complexity index is 850. The maximum absolute atomic E-state index is 12.8. The van der Waals surface area contributed by atoms with Gasteiger partial charge in [-0.25, -0.2) is 4.79 Å². The molecule has 0 aliphatic carbocycles. The SMILES string of the molecule is COc1nn(C)cc1C(=O)N1CCC2(CC1)OC(=O)c1ccccc12. The molecule has 3 heterocycles. The molecule has 4 rings (SSSR count). The summed E-state index contributed by atoms with van der Waals surface area (Å²) in [5.74, 6) is -0.0628. The van der Waals surface area contributed by atoms with E-state index in [9.17, 15) is 9.59 Å². The van der Waals surface area contributed by atoms with Crippen LogP contribution in [-0.4, -0.2) is 46.8 Å². The van der Waals surface area contributed by atoms with E-state index in [2.05, 4.69) is 5.10 Å². The second-order valence-electron chi connectivity index (χ2n) is 6.45. The molecule has 0 N–H and O–H groups in total. The van der Waals surface area contributed by atoms with Crippen LogP contribution in [0, 0.1) is 0 Å². The Hall–Kier alpha value is -2.83. The first-order valence-electron chi connectivity index (χ1n) is 8.24. The van der Waals surface area contributed by atoms with Crippen LogP contribution in [0.4, 0.5) is 0 Å². The van der Waals surface area contributed by atoms with E-state index in [4.69, 9.17) is 9.47 Å². The molecule has 1 saturated heterocycles. The second-order valence-corrected chi connectivity index (χ2v) is 6.45. The second kappa shape index (κ2) is 5.61. The normalized spacial score (nSPS) is 18.2. The summed E-state index contributed by atoms with van der Waals surface area (Å²) in [4.78, 5) is 26.7. The topological polar surface area (TPSA) is 73.7 Å². The molecule has 0 radical (unpaired) electrons. The zero-order valence-electron chi connectivity index (χ0n) is 14.2. The van der Waals surface area contributed by atoms with Gasteiger partial charge < -0.3 is 14.4 Å². The number of aryl methyl sites for hydroxylation is 1. The molecule has 1 fully saturated rings. The summed E-state index contributed by atoms with van der Waals surface area (Å²) in [6.07, 6.45) is 2.84. The van der Waals surface area contributed by atoms with Gasteiger partial charge in [0.25, 0.3) is 5.91 Å². The molecule has 1 aromatic heterocycles. The van der Waals surface area contributed by atoms with E-state index >= 15 is 0 Å². The molecule has 130 valence electrons. The molecule has 0 unspecified atom stereocenters. The summed E-state index contributed by atoms with van der Waals surface area (Å²) >= 11 is 0. The number of fused-ring (bicyclic) bond motifs is 2. The first-order chi connectivity index (χ1) is 12.0. The van der Waals surface area contributed by atoms with Crippen LogP contribution in [0.15, 0.2) is 30.5 Å². The standard InChI is InChI=1S/C18H19N3O4/c1-20-11-13(15(19-20)24-2)16(22)21-9-7-18(8-10-21)14-6-4-3-5-12(14)17(23)25-18/h3-6,11H,7-10H2,1-2H3. The van der Waals surface area contributed by atoms with Crippen molar-refractivity contribution in [2.75, 3.05) is 20.2 Å².